The predicted octanol–water partition coefficient (Wildman–Crippen LogP) is 3.27. The maximum Gasteiger partial charge on any atom is 0.410 e. The molecule has 0 spiro atoms. The SMILES string of the molecule is CC(C)(C)OC(=O)N1CCC(Nc2ccc3c(c2)OCCO3)CC1. The molecule has 1 aromatic carbocycles. The molecule has 1 saturated heterocycles. The topological polar surface area (TPSA) is 60.0 Å². The average Bonchev–Trinajstić information content (AvgIpc) is 2.54. The van der Waals surface area contributed by atoms with E-state index in [9.17, 15) is 4.79 Å². The van der Waals surface area contributed by atoms with Crippen molar-refractivity contribution in [1.29, 1.82) is 0 Å². The number of rotatable bonds is 2. The van der Waals surface area contributed by atoms with Crippen LogP contribution in [0.25, 0.3) is 0 Å². The first kappa shape index (κ1) is 16.7. The van der Waals surface area contributed by atoms with Crippen LogP contribution in [0.15, 0.2) is 18.2 Å². The summed E-state index contributed by atoms with van der Waals surface area (Å²) in [5.41, 5.74) is 0.576. The molecule has 0 radical (unpaired) electrons. The third kappa shape index (κ3) is 4.24. The molecular formula is C18H26N2O4. The van der Waals surface area contributed by atoms with E-state index in [0.29, 0.717) is 32.3 Å². The van der Waals surface area contributed by atoms with E-state index in [1.165, 1.54) is 0 Å². The van der Waals surface area contributed by atoms with Crippen molar-refractivity contribution in [3.8, 4) is 11.5 Å². The Morgan fingerprint density at radius 1 is 1.17 bits per heavy atom. The van der Waals surface area contributed by atoms with Crippen LogP contribution in [-0.2, 0) is 4.74 Å². The van der Waals surface area contributed by atoms with Crippen molar-refractivity contribution < 1.29 is 19.0 Å². The van der Waals surface area contributed by atoms with Crippen LogP contribution in [0, 0.1) is 0 Å². The number of fused-ring (bicyclic) bond motifs is 1. The number of hydrogen-bond acceptors (Lipinski definition) is 5. The fourth-order valence-electron chi connectivity index (χ4n) is 2.90. The molecule has 3 rings (SSSR count). The van der Waals surface area contributed by atoms with Crippen molar-refractivity contribution in [3.63, 3.8) is 0 Å². The normalized spacial score (nSPS) is 18.2. The molecule has 1 amide bonds. The third-order valence-electron chi connectivity index (χ3n) is 4.06. The molecule has 24 heavy (non-hydrogen) atoms. The van der Waals surface area contributed by atoms with E-state index in [1.54, 1.807) is 4.90 Å². The van der Waals surface area contributed by atoms with Gasteiger partial charge in [-0.2, -0.15) is 0 Å². The first-order valence-electron chi connectivity index (χ1n) is 8.55. The number of likely N-dealkylation sites (tertiary alicyclic amines) is 1. The Balaban J connectivity index is 1.51. The van der Waals surface area contributed by atoms with Gasteiger partial charge >= 0.3 is 6.09 Å². The number of benzene rings is 1. The second-order valence-corrected chi connectivity index (χ2v) is 7.24. The second-order valence-electron chi connectivity index (χ2n) is 7.24. The monoisotopic (exact) mass is 334 g/mol. The summed E-state index contributed by atoms with van der Waals surface area (Å²) in [6, 6.07) is 6.26. The fraction of sp³-hybridized carbons (Fsp3) is 0.611. The minimum Gasteiger partial charge on any atom is -0.486 e. The van der Waals surface area contributed by atoms with Gasteiger partial charge in [0.1, 0.15) is 18.8 Å². The van der Waals surface area contributed by atoms with Gasteiger partial charge in [0.25, 0.3) is 0 Å². The Morgan fingerprint density at radius 3 is 2.50 bits per heavy atom. The summed E-state index contributed by atoms with van der Waals surface area (Å²) in [5, 5.41) is 3.52. The highest BCUT2D eigenvalue weighted by molar-refractivity contribution is 5.68. The second kappa shape index (κ2) is 6.79. The van der Waals surface area contributed by atoms with E-state index in [-0.39, 0.29) is 6.09 Å². The highest BCUT2D eigenvalue weighted by Gasteiger charge is 2.27. The third-order valence-corrected chi connectivity index (χ3v) is 4.06. The Kier molecular flexibility index (Phi) is 4.73. The van der Waals surface area contributed by atoms with Crippen molar-refractivity contribution in [2.24, 2.45) is 0 Å². The molecule has 1 N–H and O–H groups in total. The van der Waals surface area contributed by atoms with Crippen molar-refractivity contribution in [2.45, 2.75) is 45.3 Å². The van der Waals surface area contributed by atoms with E-state index < -0.39 is 5.60 Å². The maximum absolute atomic E-state index is 12.1. The number of nitrogens with one attached hydrogen (secondary N) is 1. The van der Waals surface area contributed by atoms with Crippen LogP contribution in [0.5, 0.6) is 11.5 Å². The van der Waals surface area contributed by atoms with Gasteiger partial charge in [-0.25, -0.2) is 4.79 Å². The lowest BCUT2D eigenvalue weighted by Gasteiger charge is -2.34. The van der Waals surface area contributed by atoms with Crippen LogP contribution in [0.1, 0.15) is 33.6 Å². The van der Waals surface area contributed by atoms with Crippen molar-refractivity contribution in [3.05, 3.63) is 18.2 Å². The number of hydrogen-bond donors (Lipinski definition) is 1. The highest BCUT2D eigenvalue weighted by Crippen LogP contribution is 2.33. The molecule has 2 heterocycles. The van der Waals surface area contributed by atoms with Gasteiger partial charge < -0.3 is 24.4 Å². The smallest absolute Gasteiger partial charge is 0.410 e. The summed E-state index contributed by atoms with van der Waals surface area (Å²) in [6.07, 6.45) is 1.57. The van der Waals surface area contributed by atoms with E-state index in [0.717, 1.165) is 30.0 Å². The van der Waals surface area contributed by atoms with Crippen LogP contribution in [0.3, 0.4) is 0 Å². The van der Waals surface area contributed by atoms with E-state index in [1.807, 2.05) is 39.0 Å². The van der Waals surface area contributed by atoms with Crippen molar-refractivity contribution >= 4 is 11.8 Å². The Labute approximate surface area is 143 Å². The van der Waals surface area contributed by atoms with E-state index >= 15 is 0 Å². The van der Waals surface area contributed by atoms with Gasteiger partial charge in [0, 0.05) is 30.9 Å². The summed E-state index contributed by atoms with van der Waals surface area (Å²) in [5.74, 6) is 1.59. The Morgan fingerprint density at radius 2 is 1.83 bits per heavy atom. The lowest BCUT2D eigenvalue weighted by Crippen LogP contribution is -2.44. The molecule has 1 aromatic rings. The minimum absolute atomic E-state index is 0.222. The number of carbonyl (C=O) groups excluding carboxylic acids is 1. The zero-order chi connectivity index (χ0) is 17.2. The van der Waals surface area contributed by atoms with Crippen LogP contribution in [-0.4, -0.2) is 48.9 Å². The molecule has 6 nitrogen and oxygen atoms in total. The first-order valence-corrected chi connectivity index (χ1v) is 8.55. The van der Waals surface area contributed by atoms with Gasteiger partial charge in [0.2, 0.25) is 0 Å². The number of ether oxygens (including phenoxy) is 3. The Bertz CT molecular complexity index is 589. The minimum atomic E-state index is -0.447. The molecule has 2 aliphatic rings. The lowest BCUT2D eigenvalue weighted by atomic mass is 10.0. The first-order chi connectivity index (χ1) is 11.4. The van der Waals surface area contributed by atoms with E-state index in [4.69, 9.17) is 14.2 Å². The van der Waals surface area contributed by atoms with Gasteiger partial charge in [-0.3, -0.25) is 0 Å². The molecule has 1 fully saturated rings. The summed E-state index contributed by atoms with van der Waals surface area (Å²) in [6.45, 7) is 8.27. The fourth-order valence-corrected chi connectivity index (χ4v) is 2.90. The van der Waals surface area contributed by atoms with Crippen LogP contribution < -0.4 is 14.8 Å². The average molecular weight is 334 g/mol. The highest BCUT2D eigenvalue weighted by atomic mass is 16.6. The lowest BCUT2D eigenvalue weighted by molar-refractivity contribution is 0.0210. The standard InChI is InChI=1S/C18H26N2O4/c1-18(2,3)24-17(21)20-8-6-13(7-9-20)19-14-4-5-15-16(12-14)23-11-10-22-15/h4-5,12-13,19H,6-11H2,1-3H3. The molecule has 0 aliphatic carbocycles. The summed E-state index contributed by atoms with van der Waals surface area (Å²) < 4.78 is 16.6. The number of carbonyl (C=O) groups is 1. The van der Waals surface area contributed by atoms with Crippen LogP contribution in [0.4, 0.5) is 10.5 Å². The summed E-state index contributed by atoms with van der Waals surface area (Å²) in [7, 11) is 0. The largest absolute Gasteiger partial charge is 0.486 e. The zero-order valence-corrected chi connectivity index (χ0v) is 14.6. The molecule has 0 unspecified atom stereocenters. The molecule has 0 bridgehead atoms. The quantitative estimate of drug-likeness (QED) is 0.899. The molecule has 0 saturated carbocycles. The molecule has 6 heteroatoms. The molecule has 0 aromatic heterocycles. The number of anilines is 1. The maximum atomic E-state index is 12.1. The number of nitrogens with zero attached hydrogens (tertiary/aromatic N) is 1. The summed E-state index contributed by atoms with van der Waals surface area (Å²) in [4.78, 5) is 13.9. The van der Waals surface area contributed by atoms with Gasteiger partial charge in [-0.1, -0.05) is 0 Å². The molecular weight excluding hydrogens is 308 g/mol. The van der Waals surface area contributed by atoms with Crippen molar-refractivity contribution in [1.82, 2.24) is 4.90 Å². The van der Waals surface area contributed by atoms with Gasteiger partial charge in [-0.05, 0) is 45.7 Å². The number of amides is 1. The van der Waals surface area contributed by atoms with Crippen LogP contribution in [0.2, 0.25) is 0 Å². The van der Waals surface area contributed by atoms with Crippen LogP contribution >= 0.6 is 0 Å². The summed E-state index contributed by atoms with van der Waals surface area (Å²) >= 11 is 0. The van der Waals surface area contributed by atoms with Crippen molar-refractivity contribution in [2.75, 3.05) is 31.6 Å². The van der Waals surface area contributed by atoms with Gasteiger partial charge in [0.05, 0.1) is 0 Å². The Hall–Kier alpha value is -2.11. The van der Waals surface area contributed by atoms with Gasteiger partial charge in [-0.15, -0.1) is 0 Å². The number of piperidine rings is 1. The molecule has 2 aliphatic heterocycles. The molecule has 0 atom stereocenters. The molecule has 132 valence electrons. The zero-order valence-electron chi connectivity index (χ0n) is 14.6. The van der Waals surface area contributed by atoms with E-state index in [2.05, 4.69) is 5.32 Å². The predicted molar refractivity (Wildman–Crippen MR) is 91.9 cm³/mol. The van der Waals surface area contributed by atoms with Gasteiger partial charge in [0.15, 0.2) is 11.5 Å².